The third-order valence-electron chi connectivity index (χ3n) is 4.53. The monoisotopic (exact) mass is 351 g/mol. The molecule has 1 fully saturated rings. The number of amides is 2. The minimum atomic E-state index is -0.629. The SMILES string of the molecule is CNc1ccc(/C=C/C(=O)N2C(=O)OC[C@@H]2c2ccccc2)c(C)c1N. The summed E-state index contributed by atoms with van der Waals surface area (Å²) in [5.41, 5.74) is 10.1. The van der Waals surface area contributed by atoms with Crippen LogP contribution in [0.1, 0.15) is 22.7 Å². The first kappa shape index (κ1) is 17.5. The van der Waals surface area contributed by atoms with E-state index in [1.54, 1.807) is 13.1 Å². The van der Waals surface area contributed by atoms with Gasteiger partial charge in [0.25, 0.3) is 5.91 Å². The second kappa shape index (κ2) is 7.31. The van der Waals surface area contributed by atoms with Gasteiger partial charge in [0, 0.05) is 13.1 Å². The minimum absolute atomic E-state index is 0.158. The summed E-state index contributed by atoms with van der Waals surface area (Å²) in [4.78, 5) is 25.8. The Labute approximate surface area is 152 Å². The summed E-state index contributed by atoms with van der Waals surface area (Å²) in [6.07, 6.45) is 2.42. The predicted octanol–water partition coefficient (Wildman–Crippen LogP) is 3.35. The van der Waals surface area contributed by atoms with Crippen molar-refractivity contribution in [1.29, 1.82) is 0 Å². The van der Waals surface area contributed by atoms with Gasteiger partial charge in [0.1, 0.15) is 12.6 Å². The fraction of sp³-hybridized carbons (Fsp3) is 0.200. The number of rotatable bonds is 4. The Balaban J connectivity index is 1.83. The van der Waals surface area contributed by atoms with Crippen molar-refractivity contribution >= 4 is 29.5 Å². The zero-order valence-corrected chi connectivity index (χ0v) is 14.7. The molecule has 6 heteroatoms. The van der Waals surface area contributed by atoms with Crippen LogP contribution < -0.4 is 11.1 Å². The van der Waals surface area contributed by atoms with Crippen molar-refractivity contribution in [2.75, 3.05) is 24.7 Å². The van der Waals surface area contributed by atoms with Crippen LogP contribution in [0.3, 0.4) is 0 Å². The average molecular weight is 351 g/mol. The topological polar surface area (TPSA) is 84.7 Å². The molecule has 26 heavy (non-hydrogen) atoms. The molecule has 1 saturated heterocycles. The van der Waals surface area contributed by atoms with Crippen molar-refractivity contribution in [3.8, 4) is 0 Å². The molecule has 2 amide bonds. The van der Waals surface area contributed by atoms with Gasteiger partial charge >= 0.3 is 6.09 Å². The maximum Gasteiger partial charge on any atom is 0.417 e. The highest BCUT2D eigenvalue weighted by Crippen LogP contribution is 2.29. The molecule has 0 saturated carbocycles. The van der Waals surface area contributed by atoms with E-state index >= 15 is 0 Å². The first-order valence-corrected chi connectivity index (χ1v) is 8.32. The molecule has 3 rings (SSSR count). The molecule has 0 aliphatic carbocycles. The molecule has 0 aromatic heterocycles. The van der Waals surface area contributed by atoms with Crippen molar-refractivity contribution in [2.24, 2.45) is 0 Å². The van der Waals surface area contributed by atoms with Gasteiger partial charge < -0.3 is 15.8 Å². The number of nitrogens with two attached hydrogens (primary N) is 1. The summed E-state index contributed by atoms with van der Waals surface area (Å²) in [5.74, 6) is -0.419. The number of hydrogen-bond acceptors (Lipinski definition) is 5. The molecule has 1 aliphatic rings. The zero-order valence-electron chi connectivity index (χ0n) is 14.7. The molecular formula is C20H21N3O3. The molecule has 2 aromatic carbocycles. The van der Waals surface area contributed by atoms with E-state index in [4.69, 9.17) is 10.5 Å². The van der Waals surface area contributed by atoms with Crippen molar-refractivity contribution in [3.63, 3.8) is 0 Å². The van der Waals surface area contributed by atoms with Crippen molar-refractivity contribution in [1.82, 2.24) is 4.90 Å². The highest BCUT2D eigenvalue weighted by Gasteiger charge is 2.37. The molecule has 1 aliphatic heterocycles. The Kier molecular flexibility index (Phi) is 4.93. The lowest BCUT2D eigenvalue weighted by molar-refractivity contribution is -0.124. The maximum atomic E-state index is 12.6. The summed E-state index contributed by atoms with van der Waals surface area (Å²) in [6, 6.07) is 12.7. The van der Waals surface area contributed by atoms with E-state index in [1.807, 2.05) is 49.4 Å². The Hall–Kier alpha value is -3.28. The fourth-order valence-corrected chi connectivity index (χ4v) is 2.97. The smallest absolute Gasteiger partial charge is 0.417 e. The molecule has 1 heterocycles. The van der Waals surface area contributed by atoms with Gasteiger partial charge in [-0.2, -0.15) is 0 Å². The summed E-state index contributed by atoms with van der Waals surface area (Å²) >= 11 is 0. The van der Waals surface area contributed by atoms with E-state index in [2.05, 4.69) is 5.32 Å². The van der Waals surface area contributed by atoms with E-state index < -0.39 is 18.0 Å². The minimum Gasteiger partial charge on any atom is -0.446 e. The normalized spacial score (nSPS) is 16.8. The summed E-state index contributed by atoms with van der Waals surface area (Å²) < 4.78 is 5.08. The van der Waals surface area contributed by atoms with Crippen LogP contribution in [-0.4, -0.2) is 30.6 Å². The number of nitrogens with one attached hydrogen (secondary N) is 1. The van der Waals surface area contributed by atoms with Crippen LogP contribution in [-0.2, 0) is 9.53 Å². The van der Waals surface area contributed by atoms with Crippen LogP contribution in [0.2, 0.25) is 0 Å². The number of carbonyl (C=O) groups is 2. The lowest BCUT2D eigenvalue weighted by atomic mass is 10.0. The van der Waals surface area contributed by atoms with Crippen LogP contribution >= 0.6 is 0 Å². The largest absolute Gasteiger partial charge is 0.446 e. The van der Waals surface area contributed by atoms with Crippen molar-refractivity contribution in [2.45, 2.75) is 13.0 Å². The van der Waals surface area contributed by atoms with E-state index in [-0.39, 0.29) is 6.61 Å². The molecule has 0 unspecified atom stereocenters. The van der Waals surface area contributed by atoms with E-state index in [1.165, 1.54) is 6.08 Å². The van der Waals surface area contributed by atoms with Gasteiger partial charge in [-0.25, -0.2) is 9.69 Å². The Morgan fingerprint density at radius 3 is 2.69 bits per heavy atom. The van der Waals surface area contributed by atoms with Crippen molar-refractivity contribution in [3.05, 3.63) is 65.2 Å². The molecule has 0 spiro atoms. The quantitative estimate of drug-likeness (QED) is 0.652. The third-order valence-corrected chi connectivity index (χ3v) is 4.53. The molecule has 6 nitrogen and oxygen atoms in total. The fourth-order valence-electron chi connectivity index (χ4n) is 2.97. The number of ether oxygens (including phenoxy) is 1. The number of hydrogen-bond donors (Lipinski definition) is 2. The van der Waals surface area contributed by atoms with Crippen LogP contribution in [0.4, 0.5) is 16.2 Å². The molecule has 0 radical (unpaired) electrons. The number of nitrogens with zero attached hydrogens (tertiary/aromatic N) is 1. The number of anilines is 2. The van der Waals surface area contributed by atoms with Crippen LogP contribution in [0.5, 0.6) is 0 Å². The van der Waals surface area contributed by atoms with E-state index in [9.17, 15) is 9.59 Å². The molecule has 0 bridgehead atoms. The van der Waals surface area contributed by atoms with Gasteiger partial charge in [0.15, 0.2) is 0 Å². The second-order valence-electron chi connectivity index (χ2n) is 6.04. The molecule has 134 valence electrons. The van der Waals surface area contributed by atoms with Crippen molar-refractivity contribution < 1.29 is 14.3 Å². The number of nitrogen functional groups attached to an aromatic ring is 1. The lowest BCUT2D eigenvalue weighted by Gasteiger charge is -2.18. The Morgan fingerprint density at radius 2 is 2.00 bits per heavy atom. The third kappa shape index (κ3) is 3.26. The molecular weight excluding hydrogens is 330 g/mol. The first-order valence-electron chi connectivity index (χ1n) is 8.32. The number of benzene rings is 2. The Bertz CT molecular complexity index is 862. The number of cyclic esters (lactones) is 1. The summed E-state index contributed by atoms with van der Waals surface area (Å²) in [7, 11) is 1.80. The van der Waals surface area contributed by atoms with Gasteiger partial charge in [-0.15, -0.1) is 0 Å². The van der Waals surface area contributed by atoms with Gasteiger partial charge in [-0.05, 0) is 35.8 Å². The maximum absolute atomic E-state index is 12.6. The average Bonchev–Trinajstić information content (AvgIpc) is 3.05. The zero-order chi connectivity index (χ0) is 18.7. The Morgan fingerprint density at radius 1 is 1.27 bits per heavy atom. The van der Waals surface area contributed by atoms with E-state index in [0.29, 0.717) is 5.69 Å². The second-order valence-corrected chi connectivity index (χ2v) is 6.04. The highest BCUT2D eigenvalue weighted by atomic mass is 16.6. The first-order chi connectivity index (χ1) is 12.5. The lowest BCUT2D eigenvalue weighted by Crippen LogP contribution is -2.32. The van der Waals surface area contributed by atoms with Gasteiger partial charge in [-0.3, -0.25) is 4.79 Å². The van der Waals surface area contributed by atoms with Gasteiger partial charge in [0.2, 0.25) is 0 Å². The number of carbonyl (C=O) groups excluding carboxylic acids is 2. The summed E-state index contributed by atoms with van der Waals surface area (Å²) in [6.45, 7) is 2.04. The molecule has 2 aromatic rings. The standard InChI is InChI=1S/C20H21N3O3/c1-13-14(8-10-16(22-2)19(13)21)9-11-18(24)23-17(12-26-20(23)25)15-6-4-3-5-7-15/h3-11,17,22H,12,21H2,1-2H3/b11-9+/t17-/m1/s1. The number of imide groups is 1. The van der Waals surface area contributed by atoms with E-state index in [0.717, 1.165) is 27.3 Å². The predicted molar refractivity (Wildman–Crippen MR) is 102 cm³/mol. The van der Waals surface area contributed by atoms with Gasteiger partial charge in [0.05, 0.1) is 11.4 Å². The molecule has 3 N–H and O–H groups in total. The highest BCUT2D eigenvalue weighted by molar-refractivity contribution is 6.02. The molecule has 1 atom stereocenters. The van der Waals surface area contributed by atoms with Crippen LogP contribution in [0.25, 0.3) is 6.08 Å². The summed E-state index contributed by atoms with van der Waals surface area (Å²) in [5, 5.41) is 3.02. The van der Waals surface area contributed by atoms with Gasteiger partial charge in [-0.1, -0.05) is 36.4 Å². The van der Waals surface area contributed by atoms with Crippen LogP contribution in [0.15, 0.2) is 48.5 Å². The van der Waals surface area contributed by atoms with Crippen LogP contribution in [0, 0.1) is 6.92 Å².